The molecule has 1 unspecified atom stereocenters. The monoisotopic (exact) mass is 389 g/mol. The first-order valence-corrected chi connectivity index (χ1v) is 10.2. The van der Waals surface area contributed by atoms with Crippen LogP contribution in [0, 0.1) is 19.8 Å². The Labute approximate surface area is 164 Å². The molecule has 146 valence electrons. The van der Waals surface area contributed by atoms with Crippen molar-refractivity contribution in [3.8, 4) is 5.75 Å². The minimum absolute atomic E-state index is 0.00539. The molecule has 1 aromatic carbocycles. The second-order valence-electron chi connectivity index (χ2n) is 7.09. The van der Waals surface area contributed by atoms with Crippen molar-refractivity contribution in [3.63, 3.8) is 0 Å². The number of hydrogen-bond acceptors (Lipinski definition) is 6. The lowest BCUT2D eigenvalue weighted by Gasteiger charge is -2.32. The Hall–Kier alpha value is -1.96. The molecule has 0 spiro atoms. The molecule has 27 heavy (non-hydrogen) atoms. The van der Waals surface area contributed by atoms with E-state index in [1.54, 1.807) is 0 Å². The maximum atomic E-state index is 12.4. The summed E-state index contributed by atoms with van der Waals surface area (Å²) in [5.74, 6) is 0.864. The quantitative estimate of drug-likeness (QED) is 0.762. The second kappa shape index (κ2) is 9.30. The number of rotatable bonds is 7. The molecule has 1 fully saturated rings. The average molecular weight is 390 g/mol. The summed E-state index contributed by atoms with van der Waals surface area (Å²) in [7, 11) is 0. The highest BCUT2D eigenvalue weighted by molar-refractivity contribution is 7.13. The summed E-state index contributed by atoms with van der Waals surface area (Å²) < 4.78 is 5.72. The number of carbonyl (C=O) groups excluding carboxylic acids is 1. The van der Waals surface area contributed by atoms with Gasteiger partial charge in [0, 0.05) is 17.8 Å². The standard InChI is InChI=1S/C20H27N3O3S/c1-14-5-3-4-6-18(14)26-12-17(24)11-23-9-7-16(8-10-23)19(25)22-20-21-15(2)13-27-20/h3-6,13,16-17,24H,7-12H2,1-2H3,(H,21,22,25). The number of aryl methyl sites for hydroxylation is 2. The van der Waals surface area contributed by atoms with Crippen LogP contribution in [0.25, 0.3) is 0 Å². The summed E-state index contributed by atoms with van der Waals surface area (Å²) in [6.45, 7) is 6.34. The van der Waals surface area contributed by atoms with E-state index in [2.05, 4.69) is 15.2 Å². The first-order valence-electron chi connectivity index (χ1n) is 9.33. The van der Waals surface area contributed by atoms with Gasteiger partial charge in [-0.25, -0.2) is 4.98 Å². The van der Waals surface area contributed by atoms with Crippen LogP contribution in [0.1, 0.15) is 24.1 Å². The van der Waals surface area contributed by atoms with Crippen LogP contribution in [0.3, 0.4) is 0 Å². The zero-order valence-electron chi connectivity index (χ0n) is 15.9. The first-order chi connectivity index (χ1) is 13.0. The average Bonchev–Trinajstić information content (AvgIpc) is 3.06. The van der Waals surface area contributed by atoms with E-state index in [4.69, 9.17) is 4.74 Å². The van der Waals surface area contributed by atoms with E-state index in [1.165, 1.54) is 11.3 Å². The third-order valence-corrected chi connectivity index (χ3v) is 5.68. The van der Waals surface area contributed by atoms with E-state index in [1.807, 2.05) is 43.5 Å². The van der Waals surface area contributed by atoms with Crippen molar-refractivity contribution in [1.29, 1.82) is 0 Å². The number of piperidine rings is 1. The van der Waals surface area contributed by atoms with Gasteiger partial charge in [0.25, 0.3) is 0 Å². The predicted molar refractivity (Wildman–Crippen MR) is 107 cm³/mol. The summed E-state index contributed by atoms with van der Waals surface area (Å²) in [5, 5.41) is 15.8. The number of carbonyl (C=O) groups is 1. The van der Waals surface area contributed by atoms with Crippen molar-refractivity contribution in [2.75, 3.05) is 31.6 Å². The van der Waals surface area contributed by atoms with Gasteiger partial charge in [-0.1, -0.05) is 18.2 Å². The molecule has 2 heterocycles. The molecule has 1 atom stereocenters. The summed E-state index contributed by atoms with van der Waals surface area (Å²) in [4.78, 5) is 18.8. The smallest absolute Gasteiger partial charge is 0.229 e. The molecule has 2 aromatic rings. The SMILES string of the molecule is Cc1csc(NC(=O)C2CCN(CC(O)COc3ccccc3C)CC2)n1. The molecule has 6 nitrogen and oxygen atoms in total. The molecule has 3 rings (SSSR count). The first kappa shape index (κ1) is 19.8. The lowest BCUT2D eigenvalue weighted by Crippen LogP contribution is -2.42. The van der Waals surface area contributed by atoms with E-state index in [9.17, 15) is 9.90 Å². The molecule has 0 radical (unpaired) electrons. The van der Waals surface area contributed by atoms with Crippen molar-refractivity contribution >= 4 is 22.4 Å². The van der Waals surface area contributed by atoms with Gasteiger partial charge in [-0.3, -0.25) is 4.79 Å². The molecule has 1 saturated heterocycles. The minimum Gasteiger partial charge on any atom is -0.491 e. The van der Waals surface area contributed by atoms with Crippen LogP contribution in [0.15, 0.2) is 29.6 Å². The number of aliphatic hydroxyl groups is 1. The Morgan fingerprint density at radius 3 is 2.78 bits per heavy atom. The van der Waals surface area contributed by atoms with Crippen molar-refractivity contribution in [1.82, 2.24) is 9.88 Å². The molecule has 0 saturated carbocycles. The summed E-state index contributed by atoms with van der Waals surface area (Å²) in [6, 6.07) is 7.80. The van der Waals surface area contributed by atoms with E-state index >= 15 is 0 Å². The second-order valence-corrected chi connectivity index (χ2v) is 7.95. The molecule has 2 N–H and O–H groups in total. The molecule has 1 aliphatic heterocycles. The van der Waals surface area contributed by atoms with Gasteiger partial charge in [-0.2, -0.15) is 0 Å². The van der Waals surface area contributed by atoms with Crippen LogP contribution < -0.4 is 10.1 Å². The van der Waals surface area contributed by atoms with Gasteiger partial charge in [-0.15, -0.1) is 11.3 Å². The highest BCUT2D eigenvalue weighted by Gasteiger charge is 2.26. The number of β-amino-alcohol motifs (C(OH)–C–C–N with tert-alkyl or cyclic N) is 1. The van der Waals surface area contributed by atoms with Gasteiger partial charge >= 0.3 is 0 Å². The fourth-order valence-corrected chi connectivity index (χ4v) is 3.94. The summed E-state index contributed by atoms with van der Waals surface area (Å²) in [5.41, 5.74) is 1.99. The number of para-hydroxylation sites is 1. The number of nitrogens with zero attached hydrogens (tertiary/aromatic N) is 2. The highest BCUT2D eigenvalue weighted by Crippen LogP contribution is 2.22. The Balaban J connectivity index is 1.38. The van der Waals surface area contributed by atoms with Crippen molar-refractivity contribution < 1.29 is 14.6 Å². The van der Waals surface area contributed by atoms with E-state index < -0.39 is 6.10 Å². The van der Waals surface area contributed by atoms with Gasteiger partial charge in [0.2, 0.25) is 5.91 Å². The number of ether oxygens (including phenoxy) is 1. The molecule has 1 aliphatic rings. The van der Waals surface area contributed by atoms with Crippen LogP contribution in [-0.4, -0.2) is 53.2 Å². The van der Waals surface area contributed by atoms with Crippen LogP contribution >= 0.6 is 11.3 Å². The highest BCUT2D eigenvalue weighted by atomic mass is 32.1. The summed E-state index contributed by atoms with van der Waals surface area (Å²) in [6.07, 6.45) is 1.04. The Morgan fingerprint density at radius 1 is 1.37 bits per heavy atom. The van der Waals surface area contributed by atoms with Crippen molar-refractivity contribution in [2.24, 2.45) is 5.92 Å². The number of hydrogen-bond donors (Lipinski definition) is 2. The van der Waals surface area contributed by atoms with E-state index in [0.717, 1.165) is 42.9 Å². The van der Waals surface area contributed by atoms with E-state index in [0.29, 0.717) is 11.7 Å². The number of benzene rings is 1. The number of anilines is 1. The van der Waals surface area contributed by atoms with Crippen LogP contribution in [-0.2, 0) is 4.79 Å². The van der Waals surface area contributed by atoms with Gasteiger partial charge in [-0.05, 0) is 51.4 Å². The van der Waals surface area contributed by atoms with E-state index in [-0.39, 0.29) is 18.4 Å². The number of aromatic nitrogens is 1. The lowest BCUT2D eigenvalue weighted by atomic mass is 9.96. The van der Waals surface area contributed by atoms with Gasteiger partial charge in [0.05, 0.1) is 5.69 Å². The van der Waals surface area contributed by atoms with Gasteiger partial charge < -0.3 is 20.1 Å². The molecule has 7 heteroatoms. The third-order valence-electron chi connectivity index (χ3n) is 4.80. The third kappa shape index (κ3) is 5.76. The number of amides is 1. The topological polar surface area (TPSA) is 74.7 Å². The fourth-order valence-electron chi connectivity index (χ4n) is 3.25. The van der Waals surface area contributed by atoms with Crippen molar-refractivity contribution in [3.05, 3.63) is 40.9 Å². The maximum Gasteiger partial charge on any atom is 0.229 e. The zero-order valence-corrected chi connectivity index (χ0v) is 16.7. The van der Waals surface area contributed by atoms with Crippen molar-refractivity contribution in [2.45, 2.75) is 32.8 Å². The molecule has 1 aromatic heterocycles. The number of thiazole rings is 1. The zero-order chi connectivity index (χ0) is 19.2. The molecule has 1 amide bonds. The number of aliphatic hydroxyl groups excluding tert-OH is 1. The Bertz CT molecular complexity index is 756. The van der Waals surface area contributed by atoms with Gasteiger partial charge in [0.15, 0.2) is 5.13 Å². The maximum absolute atomic E-state index is 12.4. The minimum atomic E-state index is -0.548. The number of likely N-dealkylation sites (tertiary alicyclic amines) is 1. The van der Waals surface area contributed by atoms with Crippen LogP contribution in [0.5, 0.6) is 5.75 Å². The lowest BCUT2D eigenvalue weighted by molar-refractivity contribution is -0.121. The molecule has 0 aliphatic carbocycles. The predicted octanol–water partition coefficient (Wildman–Crippen LogP) is 2.85. The molecular weight excluding hydrogens is 362 g/mol. The fraction of sp³-hybridized carbons (Fsp3) is 0.500. The summed E-state index contributed by atoms with van der Waals surface area (Å²) >= 11 is 1.45. The molecular formula is C20H27N3O3S. The number of nitrogens with one attached hydrogen (secondary N) is 1. The molecule has 0 bridgehead atoms. The largest absolute Gasteiger partial charge is 0.491 e. The Kier molecular flexibility index (Phi) is 6.82. The Morgan fingerprint density at radius 2 is 2.11 bits per heavy atom. The normalized spacial score (nSPS) is 16.9. The van der Waals surface area contributed by atoms with Crippen LogP contribution in [0.2, 0.25) is 0 Å². The van der Waals surface area contributed by atoms with Gasteiger partial charge in [0.1, 0.15) is 18.5 Å². The van der Waals surface area contributed by atoms with Crippen LogP contribution in [0.4, 0.5) is 5.13 Å².